The minimum Gasteiger partial charge on any atom is -0.497 e. The Morgan fingerprint density at radius 3 is 2.68 bits per heavy atom. The van der Waals surface area contributed by atoms with E-state index in [0.717, 1.165) is 5.56 Å². The van der Waals surface area contributed by atoms with Crippen molar-refractivity contribution in [3.63, 3.8) is 0 Å². The molecule has 0 radical (unpaired) electrons. The third-order valence-corrected chi connectivity index (χ3v) is 5.72. The molecule has 0 aliphatic carbocycles. The monoisotopic (exact) mass is 462 g/mol. The molecule has 0 aliphatic heterocycles. The number of amides is 1. The van der Waals surface area contributed by atoms with Crippen LogP contribution in [0.5, 0.6) is 17.2 Å². The fourth-order valence-electron chi connectivity index (χ4n) is 2.68. The maximum absolute atomic E-state index is 12.4. The molecular formula is C21H23ClN4O4S. The van der Waals surface area contributed by atoms with Crippen molar-refractivity contribution in [1.82, 2.24) is 14.8 Å². The molecular weight excluding hydrogens is 440 g/mol. The minimum absolute atomic E-state index is 0.158. The van der Waals surface area contributed by atoms with Crippen LogP contribution >= 0.6 is 23.4 Å². The summed E-state index contributed by atoms with van der Waals surface area (Å²) < 4.78 is 18.0. The van der Waals surface area contributed by atoms with Gasteiger partial charge in [0.25, 0.3) is 0 Å². The zero-order valence-electron chi connectivity index (χ0n) is 17.6. The molecule has 0 aliphatic rings. The first-order chi connectivity index (χ1) is 14.9. The Bertz CT molecular complexity index is 1070. The quantitative estimate of drug-likeness (QED) is 0.479. The van der Waals surface area contributed by atoms with Crippen molar-refractivity contribution >= 4 is 35.0 Å². The second-order valence-electron chi connectivity index (χ2n) is 6.58. The Balaban J connectivity index is 1.57. The number of hydrogen-bond acceptors (Lipinski definition) is 7. The van der Waals surface area contributed by atoms with E-state index in [1.807, 2.05) is 26.1 Å². The molecule has 0 unspecified atom stereocenters. The van der Waals surface area contributed by atoms with E-state index in [0.29, 0.717) is 38.9 Å². The second kappa shape index (κ2) is 10.4. The molecule has 0 saturated heterocycles. The normalized spacial score (nSPS) is 10.6. The molecule has 164 valence electrons. The Morgan fingerprint density at radius 1 is 1.13 bits per heavy atom. The number of aryl methyl sites for hydroxylation is 1. The summed E-state index contributed by atoms with van der Waals surface area (Å²) in [4.78, 5) is 12.4. The number of hydrogen-bond donors (Lipinski definition) is 1. The summed E-state index contributed by atoms with van der Waals surface area (Å²) in [6.45, 7) is 2.18. The molecule has 0 fully saturated rings. The number of aromatic nitrogens is 3. The molecule has 2 aromatic carbocycles. The molecule has 3 aromatic rings. The number of anilines is 1. The van der Waals surface area contributed by atoms with Gasteiger partial charge in [0, 0.05) is 13.1 Å². The molecule has 3 rings (SSSR count). The van der Waals surface area contributed by atoms with E-state index in [1.165, 1.54) is 18.9 Å². The number of rotatable bonds is 9. The Hall–Kier alpha value is -2.91. The van der Waals surface area contributed by atoms with E-state index in [4.69, 9.17) is 25.8 Å². The topological polar surface area (TPSA) is 87.5 Å². The fourth-order valence-corrected chi connectivity index (χ4v) is 3.58. The number of benzene rings is 2. The van der Waals surface area contributed by atoms with Gasteiger partial charge in [-0.25, -0.2) is 0 Å². The second-order valence-corrected chi connectivity index (χ2v) is 7.93. The van der Waals surface area contributed by atoms with Gasteiger partial charge in [0.1, 0.15) is 23.9 Å². The number of nitrogens with zero attached hydrogens (tertiary/aromatic N) is 3. The van der Waals surface area contributed by atoms with Crippen LogP contribution in [0.2, 0.25) is 5.02 Å². The molecule has 1 heterocycles. The summed E-state index contributed by atoms with van der Waals surface area (Å²) in [5.74, 6) is 2.34. The molecule has 10 heteroatoms. The predicted octanol–water partition coefficient (Wildman–Crippen LogP) is 4.10. The Kier molecular flexibility index (Phi) is 7.64. The third-order valence-electron chi connectivity index (χ3n) is 4.38. The van der Waals surface area contributed by atoms with Crippen molar-refractivity contribution in [1.29, 1.82) is 0 Å². The molecule has 0 atom stereocenters. The van der Waals surface area contributed by atoms with Crippen LogP contribution in [0.1, 0.15) is 11.4 Å². The first kappa shape index (κ1) is 22.8. The number of ether oxygens (including phenoxy) is 3. The van der Waals surface area contributed by atoms with Gasteiger partial charge in [-0.05, 0) is 36.8 Å². The van der Waals surface area contributed by atoms with E-state index in [2.05, 4.69) is 15.5 Å². The van der Waals surface area contributed by atoms with Gasteiger partial charge in [0.2, 0.25) is 5.91 Å². The van der Waals surface area contributed by atoms with E-state index in [9.17, 15) is 4.79 Å². The lowest BCUT2D eigenvalue weighted by Crippen LogP contribution is -2.15. The standard InChI is InChI=1S/C21H23ClN4O4S/c1-13-5-7-15(22)17(9-13)30-11-19-24-25-21(26(19)2)31-12-20(27)23-16-8-6-14(28-3)10-18(16)29-4/h5-10H,11-12H2,1-4H3,(H,23,27). The SMILES string of the molecule is COc1ccc(NC(=O)CSc2nnc(COc3cc(C)ccc3Cl)n2C)c(OC)c1. The molecule has 0 bridgehead atoms. The lowest BCUT2D eigenvalue weighted by molar-refractivity contribution is -0.113. The van der Waals surface area contributed by atoms with E-state index >= 15 is 0 Å². The maximum atomic E-state index is 12.4. The summed E-state index contributed by atoms with van der Waals surface area (Å²) >= 11 is 7.44. The van der Waals surface area contributed by atoms with Crippen LogP contribution in [0, 0.1) is 6.92 Å². The first-order valence-corrected chi connectivity index (χ1v) is 10.7. The van der Waals surface area contributed by atoms with Crippen LogP contribution < -0.4 is 19.5 Å². The van der Waals surface area contributed by atoms with Crippen LogP contribution in [-0.4, -0.2) is 40.6 Å². The highest BCUT2D eigenvalue weighted by Crippen LogP contribution is 2.29. The summed E-state index contributed by atoms with van der Waals surface area (Å²) in [6.07, 6.45) is 0. The molecule has 31 heavy (non-hydrogen) atoms. The Morgan fingerprint density at radius 2 is 1.94 bits per heavy atom. The number of methoxy groups -OCH3 is 2. The van der Waals surface area contributed by atoms with Gasteiger partial charge in [-0.3, -0.25) is 4.79 Å². The molecule has 1 N–H and O–H groups in total. The molecule has 1 aromatic heterocycles. The highest BCUT2D eigenvalue weighted by molar-refractivity contribution is 7.99. The van der Waals surface area contributed by atoms with Crippen molar-refractivity contribution in [3.05, 3.63) is 52.8 Å². The smallest absolute Gasteiger partial charge is 0.234 e. The third kappa shape index (κ3) is 5.83. The predicted molar refractivity (Wildman–Crippen MR) is 120 cm³/mol. The van der Waals surface area contributed by atoms with Gasteiger partial charge >= 0.3 is 0 Å². The highest BCUT2D eigenvalue weighted by Gasteiger charge is 2.14. The van der Waals surface area contributed by atoms with Gasteiger partial charge in [-0.1, -0.05) is 29.4 Å². The van der Waals surface area contributed by atoms with Crippen LogP contribution in [0.4, 0.5) is 5.69 Å². The van der Waals surface area contributed by atoms with Gasteiger partial charge in [-0.15, -0.1) is 10.2 Å². The lowest BCUT2D eigenvalue weighted by Gasteiger charge is -2.11. The number of halogens is 1. The Labute approximate surface area is 189 Å². The lowest BCUT2D eigenvalue weighted by atomic mass is 10.2. The van der Waals surface area contributed by atoms with Crippen molar-refractivity contribution in [2.45, 2.75) is 18.7 Å². The fraction of sp³-hybridized carbons (Fsp3) is 0.286. The number of thioether (sulfide) groups is 1. The van der Waals surface area contributed by atoms with E-state index in [1.54, 1.807) is 35.9 Å². The van der Waals surface area contributed by atoms with Crippen LogP contribution in [0.25, 0.3) is 0 Å². The largest absolute Gasteiger partial charge is 0.497 e. The zero-order valence-corrected chi connectivity index (χ0v) is 19.2. The molecule has 8 nitrogen and oxygen atoms in total. The average Bonchev–Trinajstić information content (AvgIpc) is 3.12. The van der Waals surface area contributed by atoms with Gasteiger partial charge < -0.3 is 24.1 Å². The summed E-state index contributed by atoms with van der Waals surface area (Å²) in [7, 11) is 4.93. The van der Waals surface area contributed by atoms with Gasteiger partial charge in [0.05, 0.1) is 30.7 Å². The van der Waals surface area contributed by atoms with Crippen LogP contribution in [0.15, 0.2) is 41.6 Å². The number of carbonyl (C=O) groups excluding carboxylic acids is 1. The first-order valence-electron chi connectivity index (χ1n) is 9.33. The molecule has 0 spiro atoms. The molecule has 0 saturated carbocycles. The highest BCUT2D eigenvalue weighted by atomic mass is 35.5. The maximum Gasteiger partial charge on any atom is 0.234 e. The van der Waals surface area contributed by atoms with E-state index < -0.39 is 0 Å². The van der Waals surface area contributed by atoms with Crippen LogP contribution in [0.3, 0.4) is 0 Å². The number of carbonyl (C=O) groups is 1. The van der Waals surface area contributed by atoms with Crippen molar-refractivity contribution < 1.29 is 19.0 Å². The zero-order chi connectivity index (χ0) is 22.4. The van der Waals surface area contributed by atoms with Crippen LogP contribution in [-0.2, 0) is 18.4 Å². The van der Waals surface area contributed by atoms with Crippen molar-refractivity contribution in [3.8, 4) is 17.2 Å². The van der Waals surface area contributed by atoms with E-state index in [-0.39, 0.29) is 18.3 Å². The van der Waals surface area contributed by atoms with Gasteiger partial charge in [-0.2, -0.15) is 0 Å². The average molecular weight is 463 g/mol. The summed E-state index contributed by atoms with van der Waals surface area (Å²) in [6, 6.07) is 10.8. The number of nitrogens with one attached hydrogen (secondary N) is 1. The van der Waals surface area contributed by atoms with Crippen molar-refractivity contribution in [2.24, 2.45) is 7.05 Å². The molecule has 1 amide bonds. The van der Waals surface area contributed by atoms with Gasteiger partial charge in [0.15, 0.2) is 11.0 Å². The van der Waals surface area contributed by atoms with Crippen molar-refractivity contribution in [2.75, 3.05) is 25.3 Å². The minimum atomic E-state index is -0.194. The summed E-state index contributed by atoms with van der Waals surface area (Å²) in [5, 5.41) is 12.3. The summed E-state index contributed by atoms with van der Waals surface area (Å²) in [5.41, 5.74) is 1.61.